The number of fused-ring (bicyclic) bond motifs is 1. The van der Waals surface area contributed by atoms with E-state index in [0.29, 0.717) is 28.6 Å². The minimum atomic E-state index is 0.178. The summed E-state index contributed by atoms with van der Waals surface area (Å²) in [4.78, 5) is 4.99. The van der Waals surface area contributed by atoms with Gasteiger partial charge in [-0.1, -0.05) is 25.4 Å². The Morgan fingerprint density at radius 3 is 2.41 bits per heavy atom. The molecule has 6 N–H and O–H groups in total. The number of nitrogens with one attached hydrogen (secondary N) is 2. The number of rotatable bonds is 6. The molecule has 2 aliphatic heterocycles. The average molecular weight is 457 g/mol. The third kappa shape index (κ3) is 4.61. The van der Waals surface area contributed by atoms with Crippen molar-refractivity contribution >= 4 is 34.7 Å². The average Bonchev–Trinajstić information content (AvgIpc) is 3.14. The van der Waals surface area contributed by atoms with Crippen LogP contribution >= 0.6 is 11.6 Å². The van der Waals surface area contributed by atoms with Crippen LogP contribution in [-0.2, 0) is 0 Å². The summed E-state index contributed by atoms with van der Waals surface area (Å²) in [6, 6.07) is 6.17. The summed E-state index contributed by atoms with van der Waals surface area (Å²) in [7, 11) is 0. The second-order valence-corrected chi connectivity index (χ2v) is 9.78. The lowest BCUT2D eigenvalue weighted by Crippen LogP contribution is -2.34. The van der Waals surface area contributed by atoms with Crippen molar-refractivity contribution in [2.75, 3.05) is 16.4 Å². The fourth-order valence-corrected chi connectivity index (χ4v) is 4.63. The van der Waals surface area contributed by atoms with Crippen LogP contribution in [0.3, 0.4) is 0 Å². The summed E-state index contributed by atoms with van der Waals surface area (Å²) in [5.74, 6) is 1.66. The molecule has 1 aliphatic carbocycles. The molecule has 0 spiro atoms. The van der Waals surface area contributed by atoms with E-state index in [-0.39, 0.29) is 12.0 Å². The summed E-state index contributed by atoms with van der Waals surface area (Å²) in [5, 5.41) is 16.7. The number of nitrogens with two attached hydrogens (primary N) is 2. The summed E-state index contributed by atoms with van der Waals surface area (Å²) in [6.07, 6.45) is 4.10. The first-order chi connectivity index (χ1) is 15.2. The number of benzene rings is 1. The molecule has 2 heterocycles. The van der Waals surface area contributed by atoms with Crippen LogP contribution in [0.5, 0.6) is 0 Å². The maximum absolute atomic E-state index is 6.22. The fourth-order valence-electron chi connectivity index (χ4n) is 4.38. The van der Waals surface area contributed by atoms with Gasteiger partial charge in [-0.3, -0.25) is 0 Å². The fraction of sp³-hybridized carbons (Fsp3) is 0.522. The molecule has 0 atom stereocenters. The third-order valence-electron chi connectivity index (χ3n) is 5.99. The Kier molecular flexibility index (Phi) is 6.44. The van der Waals surface area contributed by atoms with Gasteiger partial charge in [0.15, 0.2) is 11.5 Å². The molecule has 0 radical (unpaired) electrons. The number of halogens is 1. The smallest absolute Gasteiger partial charge is 0.205 e. The highest BCUT2D eigenvalue weighted by atomic mass is 35.5. The Bertz CT molecular complexity index is 1030. The minimum absolute atomic E-state index is 0.178. The number of nitrogens with zero attached hydrogens (tertiary/aromatic N) is 4. The highest BCUT2D eigenvalue weighted by Gasteiger charge is 2.29. The predicted molar refractivity (Wildman–Crippen MR) is 132 cm³/mol. The van der Waals surface area contributed by atoms with Crippen molar-refractivity contribution in [2.45, 2.75) is 77.4 Å². The lowest BCUT2D eigenvalue weighted by atomic mass is 9.92. The molecule has 1 fully saturated rings. The number of nitrogen functional groups attached to an aromatic ring is 1. The minimum Gasteiger partial charge on any atom is -0.399 e. The van der Waals surface area contributed by atoms with Gasteiger partial charge in [0.25, 0.3) is 0 Å². The number of aromatic nitrogens is 4. The SMILES string of the molecule is CC(C)c1nnc2c(Nc3cc(N)cc(Cl)c3)nc(NC3CCC(N)CC3)n(C(C)C)c1-2. The monoisotopic (exact) mass is 456 g/mol. The lowest BCUT2D eigenvalue weighted by Gasteiger charge is -2.30. The van der Waals surface area contributed by atoms with Crippen molar-refractivity contribution < 1.29 is 0 Å². The Hall–Kier alpha value is -2.58. The van der Waals surface area contributed by atoms with Gasteiger partial charge in [-0.05, 0) is 63.6 Å². The number of anilines is 4. The van der Waals surface area contributed by atoms with Gasteiger partial charge in [0.1, 0.15) is 0 Å². The molecular weight excluding hydrogens is 424 g/mol. The molecule has 9 heteroatoms. The molecule has 0 saturated heterocycles. The van der Waals surface area contributed by atoms with Gasteiger partial charge in [-0.2, -0.15) is 10.1 Å². The van der Waals surface area contributed by atoms with Gasteiger partial charge in [0.05, 0.1) is 11.4 Å². The van der Waals surface area contributed by atoms with Gasteiger partial charge in [-0.15, -0.1) is 5.10 Å². The van der Waals surface area contributed by atoms with E-state index < -0.39 is 0 Å². The van der Waals surface area contributed by atoms with Crippen LogP contribution in [-0.4, -0.2) is 31.8 Å². The van der Waals surface area contributed by atoms with Gasteiger partial charge < -0.3 is 26.7 Å². The zero-order valence-electron chi connectivity index (χ0n) is 19.2. The zero-order valence-corrected chi connectivity index (χ0v) is 19.9. The molecule has 0 amide bonds. The molecule has 4 rings (SSSR count). The summed E-state index contributed by atoms with van der Waals surface area (Å²) < 4.78 is 2.22. The van der Waals surface area contributed by atoms with Crippen LogP contribution in [0.1, 0.15) is 71.0 Å². The highest BCUT2D eigenvalue weighted by Crippen LogP contribution is 2.39. The van der Waals surface area contributed by atoms with E-state index in [1.165, 1.54) is 0 Å². The van der Waals surface area contributed by atoms with E-state index >= 15 is 0 Å². The second kappa shape index (κ2) is 9.11. The van der Waals surface area contributed by atoms with E-state index in [4.69, 9.17) is 28.1 Å². The molecule has 8 nitrogen and oxygen atoms in total. The van der Waals surface area contributed by atoms with Crippen molar-refractivity contribution in [1.82, 2.24) is 19.7 Å². The summed E-state index contributed by atoms with van der Waals surface area (Å²) >= 11 is 6.22. The quantitative estimate of drug-likeness (QED) is 0.379. The maximum atomic E-state index is 6.22. The van der Waals surface area contributed by atoms with Crippen LogP contribution in [0, 0.1) is 0 Å². The molecular formula is C23H33ClN8. The normalized spacial score (nSPS) is 19.1. The molecule has 1 aromatic rings. The predicted octanol–water partition coefficient (Wildman–Crippen LogP) is 5.14. The first-order valence-electron chi connectivity index (χ1n) is 11.4. The van der Waals surface area contributed by atoms with E-state index in [1.807, 2.05) is 12.1 Å². The van der Waals surface area contributed by atoms with Crippen LogP contribution in [0.25, 0.3) is 11.4 Å². The van der Waals surface area contributed by atoms with E-state index in [1.54, 1.807) is 6.07 Å². The van der Waals surface area contributed by atoms with Gasteiger partial charge in [0, 0.05) is 34.5 Å². The van der Waals surface area contributed by atoms with Crippen LogP contribution < -0.4 is 22.1 Å². The molecule has 1 aromatic carbocycles. The van der Waals surface area contributed by atoms with Crippen molar-refractivity contribution in [2.24, 2.45) is 5.73 Å². The second-order valence-electron chi connectivity index (χ2n) is 9.34. The molecule has 3 aliphatic rings. The van der Waals surface area contributed by atoms with Crippen molar-refractivity contribution in [3.05, 3.63) is 28.9 Å². The van der Waals surface area contributed by atoms with E-state index in [2.05, 4.69) is 53.1 Å². The van der Waals surface area contributed by atoms with E-state index in [0.717, 1.165) is 54.4 Å². The first-order valence-corrected chi connectivity index (χ1v) is 11.7. The van der Waals surface area contributed by atoms with Gasteiger partial charge in [-0.25, -0.2) is 0 Å². The molecule has 32 heavy (non-hydrogen) atoms. The molecule has 0 unspecified atom stereocenters. The van der Waals surface area contributed by atoms with Gasteiger partial charge in [0.2, 0.25) is 5.95 Å². The number of hydrogen-bond acceptors (Lipinski definition) is 7. The standard InChI is InChI=1S/C23H33ClN8/c1-12(2)19-21-20(31-30-19)22(27-18-10-14(24)9-16(26)11-18)29-23(32(21)13(3)4)28-17-7-5-15(25)6-8-17/h9-13,15,17,27H,5-8,25-26H2,1-4H3,(H,28,29). The number of hydrogen-bond donors (Lipinski definition) is 4. The van der Waals surface area contributed by atoms with Gasteiger partial charge >= 0.3 is 0 Å². The summed E-state index contributed by atoms with van der Waals surface area (Å²) in [6.45, 7) is 8.58. The maximum Gasteiger partial charge on any atom is 0.205 e. The molecule has 0 bridgehead atoms. The lowest BCUT2D eigenvalue weighted by molar-refractivity contribution is 0.407. The van der Waals surface area contributed by atoms with Crippen LogP contribution in [0.2, 0.25) is 5.02 Å². The molecule has 172 valence electrons. The van der Waals surface area contributed by atoms with Crippen LogP contribution in [0.15, 0.2) is 18.2 Å². The Morgan fingerprint density at radius 2 is 1.78 bits per heavy atom. The Labute approximate surface area is 194 Å². The highest BCUT2D eigenvalue weighted by molar-refractivity contribution is 6.31. The molecule has 0 aromatic heterocycles. The first kappa shape index (κ1) is 22.6. The van der Waals surface area contributed by atoms with Crippen molar-refractivity contribution in [1.29, 1.82) is 0 Å². The zero-order chi connectivity index (χ0) is 23.0. The Morgan fingerprint density at radius 1 is 1.06 bits per heavy atom. The largest absolute Gasteiger partial charge is 0.399 e. The van der Waals surface area contributed by atoms with Crippen molar-refractivity contribution in [3.63, 3.8) is 0 Å². The molecule has 1 saturated carbocycles. The van der Waals surface area contributed by atoms with Crippen molar-refractivity contribution in [3.8, 4) is 11.4 Å². The van der Waals surface area contributed by atoms with E-state index in [9.17, 15) is 0 Å². The Balaban J connectivity index is 1.82. The van der Waals surface area contributed by atoms with Crippen LogP contribution in [0.4, 0.5) is 23.1 Å². The summed E-state index contributed by atoms with van der Waals surface area (Å²) in [5.41, 5.74) is 16.1. The topological polar surface area (TPSA) is 120 Å². The third-order valence-corrected chi connectivity index (χ3v) is 6.21.